The molecule has 0 aromatic heterocycles. The lowest BCUT2D eigenvalue weighted by Gasteiger charge is -2.50. The van der Waals surface area contributed by atoms with E-state index < -0.39 is 0 Å². The molecular weight excluding hydrogens is 258 g/mol. The number of hydrogen-bond acceptors (Lipinski definition) is 3. The van der Waals surface area contributed by atoms with Gasteiger partial charge in [0.1, 0.15) is 0 Å². The number of nitrogens with zero attached hydrogens (tertiary/aromatic N) is 3. The summed E-state index contributed by atoms with van der Waals surface area (Å²) in [6.07, 6.45) is 5.73. The van der Waals surface area contributed by atoms with Gasteiger partial charge in [0.15, 0.2) is 0 Å². The summed E-state index contributed by atoms with van der Waals surface area (Å²) in [5, 5.41) is 0. The summed E-state index contributed by atoms with van der Waals surface area (Å²) in [5.41, 5.74) is 0. The van der Waals surface area contributed by atoms with Crippen LogP contribution in [0.25, 0.3) is 0 Å². The normalized spacial score (nSPS) is 39.9. The first-order valence-electron chi connectivity index (χ1n) is 9.15. The molecule has 2 heterocycles. The van der Waals surface area contributed by atoms with Crippen LogP contribution in [0.3, 0.4) is 0 Å². The van der Waals surface area contributed by atoms with Gasteiger partial charge in [0.2, 0.25) is 0 Å². The third-order valence-corrected chi connectivity index (χ3v) is 6.23. The Labute approximate surface area is 131 Å². The van der Waals surface area contributed by atoms with Crippen molar-refractivity contribution >= 4 is 0 Å². The largest absolute Gasteiger partial charge is 0.309 e. The van der Waals surface area contributed by atoms with Gasteiger partial charge in [0.25, 0.3) is 0 Å². The zero-order chi connectivity index (χ0) is 15.0. The third kappa shape index (κ3) is 3.62. The van der Waals surface area contributed by atoms with Crippen molar-refractivity contribution in [3.8, 4) is 0 Å². The van der Waals surface area contributed by atoms with Crippen molar-refractivity contribution in [3.63, 3.8) is 0 Å². The lowest BCUT2D eigenvalue weighted by Crippen LogP contribution is -2.63. The molecule has 1 aliphatic carbocycles. The second kappa shape index (κ2) is 6.55. The highest BCUT2D eigenvalue weighted by Crippen LogP contribution is 2.37. The van der Waals surface area contributed by atoms with Gasteiger partial charge in [0.05, 0.1) is 0 Å². The number of likely N-dealkylation sites (tertiary alicyclic amines) is 2. The van der Waals surface area contributed by atoms with E-state index in [1.165, 1.54) is 58.4 Å². The second-order valence-corrected chi connectivity index (χ2v) is 8.47. The molecule has 4 unspecified atom stereocenters. The van der Waals surface area contributed by atoms with Gasteiger partial charge in [0, 0.05) is 38.3 Å². The molecule has 122 valence electrons. The van der Waals surface area contributed by atoms with Gasteiger partial charge in [-0.2, -0.15) is 0 Å². The van der Waals surface area contributed by atoms with E-state index in [1.54, 1.807) is 0 Å². The van der Waals surface area contributed by atoms with E-state index in [-0.39, 0.29) is 0 Å². The van der Waals surface area contributed by atoms with E-state index in [2.05, 4.69) is 42.6 Å². The number of rotatable bonds is 4. The summed E-state index contributed by atoms with van der Waals surface area (Å²) < 4.78 is 0. The van der Waals surface area contributed by atoms with Crippen LogP contribution in [0, 0.1) is 17.8 Å². The van der Waals surface area contributed by atoms with Crippen LogP contribution >= 0.6 is 0 Å². The molecule has 4 atom stereocenters. The molecule has 3 fully saturated rings. The summed E-state index contributed by atoms with van der Waals surface area (Å²) in [5.74, 6) is 2.74. The van der Waals surface area contributed by atoms with Crippen LogP contribution in [0.5, 0.6) is 0 Å². The van der Waals surface area contributed by atoms with Crippen molar-refractivity contribution in [2.45, 2.75) is 51.6 Å². The Morgan fingerprint density at radius 1 is 0.952 bits per heavy atom. The first kappa shape index (κ1) is 15.8. The maximum atomic E-state index is 2.79. The van der Waals surface area contributed by atoms with Crippen molar-refractivity contribution in [1.82, 2.24) is 14.7 Å². The summed E-state index contributed by atoms with van der Waals surface area (Å²) in [6.45, 7) is 11.6. The van der Waals surface area contributed by atoms with Crippen LogP contribution in [-0.4, -0.2) is 73.6 Å². The van der Waals surface area contributed by atoms with E-state index in [1.807, 2.05) is 0 Å². The van der Waals surface area contributed by atoms with Gasteiger partial charge in [-0.15, -0.1) is 0 Å². The third-order valence-electron chi connectivity index (χ3n) is 6.23. The molecule has 0 aromatic carbocycles. The maximum absolute atomic E-state index is 2.79. The van der Waals surface area contributed by atoms with Gasteiger partial charge in [-0.3, -0.25) is 9.80 Å². The van der Waals surface area contributed by atoms with Crippen LogP contribution in [0.4, 0.5) is 0 Å². The van der Waals surface area contributed by atoms with Crippen LogP contribution in [0.1, 0.15) is 39.5 Å². The minimum atomic E-state index is 0.871. The standard InChI is InChI=1S/C18H35N3/c1-14-6-5-7-20(10-14)18-12-21(13-18)17-8-15(2)16(9-17)11-19(3)4/h14-18H,5-13H2,1-4H3. The highest BCUT2D eigenvalue weighted by Gasteiger charge is 2.41. The average Bonchev–Trinajstić information content (AvgIpc) is 2.68. The molecule has 21 heavy (non-hydrogen) atoms. The molecule has 0 N–H and O–H groups in total. The van der Waals surface area contributed by atoms with E-state index in [4.69, 9.17) is 0 Å². The average molecular weight is 293 g/mol. The second-order valence-electron chi connectivity index (χ2n) is 8.47. The molecule has 3 rings (SSSR count). The molecule has 0 bridgehead atoms. The zero-order valence-corrected chi connectivity index (χ0v) is 14.6. The molecule has 0 radical (unpaired) electrons. The summed E-state index contributed by atoms with van der Waals surface area (Å²) in [6, 6.07) is 1.75. The Balaban J connectivity index is 1.44. The molecule has 2 aliphatic heterocycles. The Bertz CT molecular complexity index is 337. The fraction of sp³-hybridized carbons (Fsp3) is 1.00. The SMILES string of the molecule is CC1CCCN(C2CN(C3CC(C)C(CN(C)C)C3)C2)C1. The first-order valence-corrected chi connectivity index (χ1v) is 9.15. The van der Waals surface area contributed by atoms with E-state index in [9.17, 15) is 0 Å². The minimum Gasteiger partial charge on any atom is -0.309 e. The van der Waals surface area contributed by atoms with Gasteiger partial charge >= 0.3 is 0 Å². The molecule has 0 aromatic rings. The van der Waals surface area contributed by atoms with E-state index in [0.717, 1.165) is 29.8 Å². The fourth-order valence-corrected chi connectivity index (χ4v) is 4.90. The molecule has 0 spiro atoms. The van der Waals surface area contributed by atoms with Crippen molar-refractivity contribution in [2.75, 3.05) is 46.8 Å². The van der Waals surface area contributed by atoms with Gasteiger partial charge in [-0.1, -0.05) is 13.8 Å². The predicted molar refractivity (Wildman–Crippen MR) is 89.6 cm³/mol. The molecule has 0 amide bonds. The monoisotopic (exact) mass is 293 g/mol. The Morgan fingerprint density at radius 3 is 2.38 bits per heavy atom. The predicted octanol–water partition coefficient (Wildman–Crippen LogP) is 2.38. The van der Waals surface area contributed by atoms with Gasteiger partial charge < -0.3 is 4.90 Å². The van der Waals surface area contributed by atoms with E-state index >= 15 is 0 Å². The molecule has 3 heteroatoms. The van der Waals surface area contributed by atoms with E-state index in [0.29, 0.717) is 0 Å². The van der Waals surface area contributed by atoms with Crippen molar-refractivity contribution in [3.05, 3.63) is 0 Å². The molecular formula is C18H35N3. The lowest BCUT2D eigenvalue weighted by molar-refractivity contribution is -0.0118. The maximum Gasteiger partial charge on any atom is 0.0350 e. The van der Waals surface area contributed by atoms with Gasteiger partial charge in [-0.25, -0.2) is 0 Å². The summed E-state index contributed by atoms with van der Waals surface area (Å²) >= 11 is 0. The quantitative estimate of drug-likeness (QED) is 0.788. The highest BCUT2D eigenvalue weighted by molar-refractivity contribution is 4.97. The first-order chi connectivity index (χ1) is 10.0. The molecule has 2 saturated heterocycles. The zero-order valence-electron chi connectivity index (χ0n) is 14.6. The van der Waals surface area contributed by atoms with Crippen LogP contribution in [-0.2, 0) is 0 Å². The van der Waals surface area contributed by atoms with Crippen molar-refractivity contribution in [2.24, 2.45) is 17.8 Å². The van der Waals surface area contributed by atoms with Crippen LogP contribution in [0.15, 0.2) is 0 Å². The Hall–Kier alpha value is -0.120. The highest BCUT2D eigenvalue weighted by atomic mass is 15.3. The number of piperidine rings is 1. The van der Waals surface area contributed by atoms with Crippen molar-refractivity contribution in [1.29, 1.82) is 0 Å². The minimum absolute atomic E-state index is 0.871. The lowest BCUT2D eigenvalue weighted by atomic mass is 9.95. The topological polar surface area (TPSA) is 9.72 Å². The summed E-state index contributed by atoms with van der Waals surface area (Å²) in [4.78, 5) is 7.94. The Kier molecular flexibility index (Phi) is 4.92. The van der Waals surface area contributed by atoms with Crippen molar-refractivity contribution < 1.29 is 0 Å². The van der Waals surface area contributed by atoms with Crippen LogP contribution < -0.4 is 0 Å². The molecule has 1 saturated carbocycles. The van der Waals surface area contributed by atoms with Crippen LogP contribution in [0.2, 0.25) is 0 Å². The Morgan fingerprint density at radius 2 is 1.71 bits per heavy atom. The fourth-order valence-electron chi connectivity index (χ4n) is 4.90. The molecule has 3 aliphatic rings. The van der Waals surface area contributed by atoms with Gasteiger partial charge in [-0.05, 0) is 64.1 Å². The molecule has 3 nitrogen and oxygen atoms in total. The number of hydrogen-bond donors (Lipinski definition) is 0. The summed E-state index contributed by atoms with van der Waals surface area (Å²) in [7, 11) is 4.44. The smallest absolute Gasteiger partial charge is 0.0350 e.